The Balaban J connectivity index is 1.78. The zero-order valence-corrected chi connectivity index (χ0v) is 15.3. The van der Waals surface area contributed by atoms with Crippen molar-refractivity contribution in [3.8, 4) is 0 Å². The van der Waals surface area contributed by atoms with Gasteiger partial charge in [-0.05, 0) is 30.7 Å². The largest absolute Gasteiger partial charge is 0.379 e. The molecule has 9 heteroatoms. The Kier molecular flexibility index (Phi) is 5.53. The number of nitrogens with zero attached hydrogens (tertiary/aromatic N) is 3. The lowest BCUT2D eigenvalue weighted by molar-refractivity contribution is 0.0331. The average molecular weight is 383 g/mol. The van der Waals surface area contributed by atoms with E-state index in [1.165, 1.54) is 12.1 Å². The summed E-state index contributed by atoms with van der Waals surface area (Å²) in [4.78, 5) is 10.8. The Labute approximate surface area is 152 Å². The summed E-state index contributed by atoms with van der Waals surface area (Å²) < 4.78 is 33.0. The van der Waals surface area contributed by atoms with Gasteiger partial charge in [0.1, 0.15) is 11.6 Å². The van der Waals surface area contributed by atoms with Crippen molar-refractivity contribution in [3.05, 3.63) is 46.9 Å². The van der Waals surface area contributed by atoms with E-state index in [4.69, 9.17) is 16.3 Å². The molecule has 0 radical (unpaired) electrons. The van der Waals surface area contributed by atoms with Crippen LogP contribution in [-0.4, -0.2) is 49.6 Å². The van der Waals surface area contributed by atoms with Gasteiger partial charge in [-0.15, -0.1) is 0 Å². The van der Waals surface area contributed by atoms with Gasteiger partial charge in [-0.1, -0.05) is 17.7 Å². The fourth-order valence-electron chi connectivity index (χ4n) is 2.56. The predicted molar refractivity (Wildman–Crippen MR) is 95.1 cm³/mol. The Morgan fingerprint density at radius 3 is 2.80 bits per heavy atom. The van der Waals surface area contributed by atoms with Gasteiger partial charge in [0.05, 0.1) is 24.7 Å². The molecule has 1 N–H and O–H groups in total. The molecule has 1 aromatic carbocycles. The van der Waals surface area contributed by atoms with Crippen molar-refractivity contribution in [3.63, 3.8) is 0 Å². The van der Waals surface area contributed by atoms with Crippen molar-refractivity contribution in [2.45, 2.75) is 18.4 Å². The molecule has 134 valence electrons. The first-order valence-corrected chi connectivity index (χ1v) is 9.72. The quantitative estimate of drug-likeness (QED) is 0.852. The van der Waals surface area contributed by atoms with Gasteiger partial charge >= 0.3 is 0 Å². The van der Waals surface area contributed by atoms with E-state index in [2.05, 4.69) is 19.6 Å². The summed E-state index contributed by atoms with van der Waals surface area (Å²) in [5.74, 6) is 0.794. The molecule has 0 aliphatic carbocycles. The highest BCUT2D eigenvalue weighted by Crippen LogP contribution is 2.24. The number of sulfonamides is 1. The number of ether oxygens (including phenoxy) is 1. The van der Waals surface area contributed by atoms with Crippen LogP contribution in [0.2, 0.25) is 5.02 Å². The van der Waals surface area contributed by atoms with Crippen LogP contribution < -0.4 is 4.72 Å². The number of aromatic nitrogens is 2. The highest BCUT2D eigenvalue weighted by Gasteiger charge is 2.19. The van der Waals surface area contributed by atoms with Crippen molar-refractivity contribution >= 4 is 27.4 Å². The summed E-state index contributed by atoms with van der Waals surface area (Å²) in [6, 6.07) is 6.30. The molecular weight excluding hydrogens is 364 g/mol. The first-order chi connectivity index (χ1) is 12.0. The minimum atomic E-state index is -3.77. The van der Waals surface area contributed by atoms with Crippen LogP contribution in [0.3, 0.4) is 0 Å². The lowest BCUT2D eigenvalue weighted by Crippen LogP contribution is -2.36. The van der Waals surface area contributed by atoms with E-state index in [0.717, 1.165) is 13.1 Å². The van der Waals surface area contributed by atoms with Gasteiger partial charge < -0.3 is 4.74 Å². The molecule has 0 spiro atoms. The summed E-state index contributed by atoms with van der Waals surface area (Å²) in [5, 5.41) is 0.401. The monoisotopic (exact) mass is 382 g/mol. The van der Waals surface area contributed by atoms with Crippen LogP contribution in [0.4, 0.5) is 5.82 Å². The van der Waals surface area contributed by atoms with Crippen LogP contribution in [0.5, 0.6) is 0 Å². The van der Waals surface area contributed by atoms with Gasteiger partial charge in [-0.2, -0.15) is 0 Å². The van der Waals surface area contributed by atoms with Crippen molar-refractivity contribution in [1.82, 2.24) is 14.9 Å². The molecule has 1 aliphatic rings. The molecule has 1 aromatic heterocycles. The fourth-order valence-corrected chi connectivity index (χ4v) is 4.06. The van der Waals surface area contributed by atoms with Gasteiger partial charge in [0.25, 0.3) is 10.0 Å². The zero-order chi connectivity index (χ0) is 17.9. The van der Waals surface area contributed by atoms with Crippen LogP contribution >= 0.6 is 11.6 Å². The Bertz CT molecular complexity index is 854. The normalized spacial score (nSPS) is 15.9. The lowest BCUT2D eigenvalue weighted by atomic mass is 10.2. The van der Waals surface area contributed by atoms with Gasteiger partial charge in [0.2, 0.25) is 0 Å². The third-order valence-electron chi connectivity index (χ3n) is 3.92. The molecule has 0 saturated carbocycles. The molecule has 1 saturated heterocycles. The van der Waals surface area contributed by atoms with Gasteiger partial charge in [0.15, 0.2) is 0 Å². The summed E-state index contributed by atoms with van der Waals surface area (Å²) in [6.45, 7) is 5.19. The van der Waals surface area contributed by atoms with E-state index < -0.39 is 10.0 Å². The minimum Gasteiger partial charge on any atom is -0.379 e. The van der Waals surface area contributed by atoms with Crippen molar-refractivity contribution in [2.24, 2.45) is 0 Å². The van der Waals surface area contributed by atoms with E-state index >= 15 is 0 Å². The molecule has 25 heavy (non-hydrogen) atoms. The highest BCUT2D eigenvalue weighted by atomic mass is 35.5. The Morgan fingerprint density at radius 2 is 2.04 bits per heavy atom. The topological polar surface area (TPSA) is 84.4 Å². The number of morpholine rings is 1. The average Bonchev–Trinajstić information content (AvgIpc) is 2.58. The van der Waals surface area contributed by atoms with Gasteiger partial charge in [-0.25, -0.2) is 18.4 Å². The third-order valence-corrected chi connectivity index (χ3v) is 5.83. The second-order valence-electron chi connectivity index (χ2n) is 5.72. The summed E-state index contributed by atoms with van der Waals surface area (Å²) in [6.07, 6.45) is 1.55. The van der Waals surface area contributed by atoms with Gasteiger partial charge in [-0.3, -0.25) is 9.62 Å². The molecule has 1 aliphatic heterocycles. The number of nitrogens with one attached hydrogen (secondary N) is 1. The molecule has 0 bridgehead atoms. The number of hydrogen-bond acceptors (Lipinski definition) is 6. The zero-order valence-electron chi connectivity index (χ0n) is 13.8. The maximum absolute atomic E-state index is 12.6. The van der Waals surface area contributed by atoms with E-state index in [1.54, 1.807) is 25.3 Å². The number of halogens is 1. The number of rotatable bonds is 5. The Morgan fingerprint density at radius 1 is 1.28 bits per heavy atom. The van der Waals surface area contributed by atoms with Crippen LogP contribution in [0.1, 0.15) is 11.4 Å². The SMILES string of the molecule is Cc1c(Cl)cccc1S(=O)(=O)Nc1ccnc(CN2CCOCC2)n1. The van der Waals surface area contributed by atoms with E-state index in [-0.39, 0.29) is 10.7 Å². The standard InChI is InChI=1S/C16H19ClN4O3S/c1-12-13(17)3-2-4-14(12)25(22,23)20-15-5-6-18-16(19-15)11-21-7-9-24-10-8-21/h2-6H,7-11H2,1H3,(H,18,19,20). The summed E-state index contributed by atoms with van der Waals surface area (Å²) in [7, 11) is -3.77. The maximum Gasteiger partial charge on any atom is 0.263 e. The molecule has 2 heterocycles. The van der Waals surface area contributed by atoms with E-state index in [0.29, 0.717) is 36.2 Å². The number of anilines is 1. The second-order valence-corrected chi connectivity index (χ2v) is 7.77. The fraction of sp³-hybridized carbons (Fsp3) is 0.375. The predicted octanol–water partition coefficient (Wildman–Crippen LogP) is 2.07. The number of benzene rings is 1. The molecule has 2 aromatic rings. The molecule has 1 fully saturated rings. The van der Waals surface area contributed by atoms with Gasteiger partial charge in [0, 0.05) is 24.3 Å². The first-order valence-electron chi connectivity index (χ1n) is 7.86. The highest BCUT2D eigenvalue weighted by molar-refractivity contribution is 7.92. The van der Waals surface area contributed by atoms with Crippen molar-refractivity contribution in [1.29, 1.82) is 0 Å². The molecule has 0 amide bonds. The van der Waals surface area contributed by atoms with Crippen LogP contribution in [0.15, 0.2) is 35.4 Å². The maximum atomic E-state index is 12.6. The third kappa shape index (κ3) is 4.46. The second kappa shape index (κ2) is 7.65. The van der Waals surface area contributed by atoms with Crippen LogP contribution in [0, 0.1) is 6.92 Å². The first kappa shape index (κ1) is 18.1. The van der Waals surface area contributed by atoms with Crippen molar-refractivity contribution < 1.29 is 13.2 Å². The van der Waals surface area contributed by atoms with Crippen LogP contribution in [-0.2, 0) is 21.3 Å². The Hall–Kier alpha value is -1.74. The van der Waals surface area contributed by atoms with E-state index in [1.807, 2.05) is 0 Å². The minimum absolute atomic E-state index is 0.133. The van der Waals surface area contributed by atoms with Crippen molar-refractivity contribution in [2.75, 3.05) is 31.0 Å². The lowest BCUT2D eigenvalue weighted by Gasteiger charge is -2.25. The molecule has 7 nitrogen and oxygen atoms in total. The molecule has 0 unspecified atom stereocenters. The summed E-state index contributed by atoms with van der Waals surface area (Å²) in [5.41, 5.74) is 0.499. The molecule has 3 rings (SSSR count). The van der Waals surface area contributed by atoms with E-state index in [9.17, 15) is 8.42 Å². The summed E-state index contributed by atoms with van der Waals surface area (Å²) >= 11 is 6.02. The smallest absolute Gasteiger partial charge is 0.263 e. The molecule has 0 atom stereocenters. The number of hydrogen-bond donors (Lipinski definition) is 1. The van der Waals surface area contributed by atoms with Crippen LogP contribution in [0.25, 0.3) is 0 Å². The molecular formula is C16H19ClN4O3S.